The molecule has 0 aliphatic carbocycles. The third kappa shape index (κ3) is 4.35. The Bertz CT molecular complexity index is 442. The van der Waals surface area contributed by atoms with Crippen molar-refractivity contribution >= 4 is 24.1 Å². The molecule has 0 saturated heterocycles. The second-order valence-corrected chi connectivity index (χ2v) is 5.45. The topological polar surface area (TPSA) is 55.6 Å². The second kappa shape index (κ2) is 8.25. The maximum absolute atomic E-state index is 11.8. The van der Waals surface area contributed by atoms with E-state index in [4.69, 9.17) is 10.5 Å². The SMILES string of the molecule is CCN(CC)c1ccc([C@H](N)C(C)(C)C(=O)OC)cc1.Cl. The van der Waals surface area contributed by atoms with Crippen LogP contribution < -0.4 is 10.6 Å². The van der Waals surface area contributed by atoms with Crippen LogP contribution in [0.1, 0.15) is 39.3 Å². The van der Waals surface area contributed by atoms with Crippen molar-refractivity contribution in [1.29, 1.82) is 0 Å². The Labute approximate surface area is 134 Å². The van der Waals surface area contributed by atoms with E-state index in [0.29, 0.717) is 0 Å². The third-order valence-electron chi connectivity index (χ3n) is 3.87. The zero-order chi connectivity index (χ0) is 15.3. The molecule has 1 rings (SSSR count). The first-order chi connectivity index (χ1) is 9.38. The molecule has 0 fully saturated rings. The minimum absolute atomic E-state index is 0. The van der Waals surface area contributed by atoms with Gasteiger partial charge in [0.1, 0.15) is 0 Å². The lowest BCUT2D eigenvalue weighted by atomic mass is 9.81. The van der Waals surface area contributed by atoms with Crippen LogP contribution in [0.15, 0.2) is 24.3 Å². The quantitative estimate of drug-likeness (QED) is 0.820. The first-order valence-electron chi connectivity index (χ1n) is 7.07. The number of carbonyl (C=O) groups is 1. The molecule has 0 spiro atoms. The Hall–Kier alpha value is -1.26. The summed E-state index contributed by atoms with van der Waals surface area (Å²) in [4.78, 5) is 14.1. The number of anilines is 1. The van der Waals surface area contributed by atoms with E-state index in [0.717, 1.165) is 18.7 Å². The van der Waals surface area contributed by atoms with Crippen molar-refractivity contribution in [2.45, 2.75) is 33.7 Å². The van der Waals surface area contributed by atoms with Crippen molar-refractivity contribution in [3.63, 3.8) is 0 Å². The number of halogens is 1. The van der Waals surface area contributed by atoms with Gasteiger partial charge in [-0.3, -0.25) is 4.79 Å². The Kier molecular flexibility index (Phi) is 7.75. The monoisotopic (exact) mass is 314 g/mol. The first-order valence-corrected chi connectivity index (χ1v) is 7.07. The average molecular weight is 315 g/mol. The highest BCUT2D eigenvalue weighted by Gasteiger charge is 2.36. The van der Waals surface area contributed by atoms with Crippen molar-refractivity contribution in [1.82, 2.24) is 0 Å². The molecule has 1 aromatic carbocycles. The minimum atomic E-state index is -0.745. The molecule has 0 heterocycles. The molecule has 0 bridgehead atoms. The van der Waals surface area contributed by atoms with Gasteiger partial charge in [0, 0.05) is 24.8 Å². The molecule has 2 N–H and O–H groups in total. The number of nitrogens with zero attached hydrogens (tertiary/aromatic N) is 1. The number of hydrogen-bond donors (Lipinski definition) is 1. The van der Waals surface area contributed by atoms with Gasteiger partial charge in [0.25, 0.3) is 0 Å². The van der Waals surface area contributed by atoms with Crippen LogP contribution in [0, 0.1) is 5.41 Å². The molecular formula is C16H27ClN2O2. The van der Waals surface area contributed by atoms with Crippen LogP contribution in [0.2, 0.25) is 0 Å². The molecule has 21 heavy (non-hydrogen) atoms. The highest BCUT2D eigenvalue weighted by atomic mass is 35.5. The summed E-state index contributed by atoms with van der Waals surface area (Å²) in [6.07, 6.45) is 0. The number of methoxy groups -OCH3 is 1. The summed E-state index contributed by atoms with van der Waals surface area (Å²) < 4.78 is 4.83. The van der Waals surface area contributed by atoms with E-state index in [-0.39, 0.29) is 24.4 Å². The lowest BCUT2D eigenvalue weighted by Crippen LogP contribution is -2.37. The lowest BCUT2D eigenvalue weighted by molar-refractivity contribution is -0.152. The smallest absolute Gasteiger partial charge is 0.313 e. The number of carbonyl (C=O) groups excluding carboxylic acids is 1. The van der Waals surface area contributed by atoms with Gasteiger partial charge in [-0.15, -0.1) is 12.4 Å². The van der Waals surface area contributed by atoms with Crippen LogP contribution in [0.4, 0.5) is 5.69 Å². The predicted molar refractivity (Wildman–Crippen MR) is 90.0 cm³/mol. The van der Waals surface area contributed by atoms with E-state index in [2.05, 4.69) is 30.9 Å². The summed E-state index contributed by atoms with van der Waals surface area (Å²) in [7, 11) is 1.39. The summed E-state index contributed by atoms with van der Waals surface area (Å²) in [5.41, 5.74) is 7.59. The summed E-state index contributed by atoms with van der Waals surface area (Å²) >= 11 is 0. The third-order valence-corrected chi connectivity index (χ3v) is 3.87. The van der Waals surface area contributed by atoms with Crippen LogP contribution in [0.3, 0.4) is 0 Å². The number of nitrogens with two attached hydrogens (primary N) is 1. The van der Waals surface area contributed by atoms with Crippen LogP contribution in [0.25, 0.3) is 0 Å². The number of ether oxygens (including phenoxy) is 1. The zero-order valence-electron chi connectivity index (χ0n) is 13.6. The normalized spacial score (nSPS) is 12.3. The van der Waals surface area contributed by atoms with Gasteiger partial charge in [-0.1, -0.05) is 12.1 Å². The van der Waals surface area contributed by atoms with Crippen LogP contribution in [-0.4, -0.2) is 26.2 Å². The van der Waals surface area contributed by atoms with Crippen LogP contribution in [-0.2, 0) is 9.53 Å². The Morgan fingerprint density at radius 3 is 2.10 bits per heavy atom. The molecular weight excluding hydrogens is 288 g/mol. The summed E-state index contributed by atoms with van der Waals surface area (Å²) in [6.45, 7) is 9.81. The highest BCUT2D eigenvalue weighted by molar-refractivity contribution is 5.85. The zero-order valence-corrected chi connectivity index (χ0v) is 14.4. The molecule has 0 saturated carbocycles. The molecule has 0 aliphatic rings. The fourth-order valence-electron chi connectivity index (χ4n) is 2.29. The molecule has 0 radical (unpaired) electrons. The Balaban J connectivity index is 0.00000400. The molecule has 5 heteroatoms. The van der Waals surface area contributed by atoms with E-state index >= 15 is 0 Å². The van der Waals surface area contributed by atoms with Crippen molar-refractivity contribution in [2.24, 2.45) is 11.1 Å². The first kappa shape index (κ1) is 19.7. The van der Waals surface area contributed by atoms with Crippen molar-refractivity contribution in [3.05, 3.63) is 29.8 Å². The molecule has 0 unspecified atom stereocenters. The number of hydrogen-bond acceptors (Lipinski definition) is 4. The summed E-state index contributed by atoms with van der Waals surface area (Å²) in [5.74, 6) is -0.294. The van der Waals surface area contributed by atoms with Gasteiger partial charge in [-0.2, -0.15) is 0 Å². The molecule has 120 valence electrons. The summed E-state index contributed by atoms with van der Waals surface area (Å²) in [6, 6.07) is 7.69. The standard InChI is InChI=1S/C16H26N2O2.ClH/c1-6-18(7-2)13-10-8-12(9-11-13)14(17)16(3,4)15(19)20-5;/h8-11,14H,6-7,17H2,1-5H3;1H/t14-;/m0./s1. The Morgan fingerprint density at radius 2 is 1.71 bits per heavy atom. The average Bonchev–Trinajstić information content (AvgIpc) is 2.47. The highest BCUT2D eigenvalue weighted by Crippen LogP contribution is 2.33. The van der Waals surface area contributed by atoms with E-state index in [1.807, 2.05) is 26.0 Å². The second-order valence-electron chi connectivity index (χ2n) is 5.45. The fraction of sp³-hybridized carbons (Fsp3) is 0.562. The van der Waals surface area contributed by atoms with Gasteiger partial charge in [-0.25, -0.2) is 0 Å². The maximum Gasteiger partial charge on any atom is 0.313 e. The largest absolute Gasteiger partial charge is 0.469 e. The van der Waals surface area contributed by atoms with Gasteiger partial charge in [0.15, 0.2) is 0 Å². The number of esters is 1. The molecule has 4 nitrogen and oxygen atoms in total. The molecule has 1 atom stereocenters. The molecule has 1 aromatic rings. The molecule has 0 amide bonds. The van der Waals surface area contributed by atoms with Gasteiger partial charge >= 0.3 is 5.97 Å². The van der Waals surface area contributed by atoms with Gasteiger partial charge < -0.3 is 15.4 Å². The van der Waals surface area contributed by atoms with E-state index < -0.39 is 5.41 Å². The Morgan fingerprint density at radius 1 is 1.24 bits per heavy atom. The van der Waals surface area contributed by atoms with E-state index in [1.54, 1.807) is 0 Å². The van der Waals surface area contributed by atoms with E-state index in [1.165, 1.54) is 12.8 Å². The maximum atomic E-state index is 11.8. The van der Waals surface area contributed by atoms with Gasteiger partial charge in [0.05, 0.1) is 12.5 Å². The molecule has 0 aliphatic heterocycles. The van der Waals surface area contributed by atoms with Crippen molar-refractivity contribution in [3.8, 4) is 0 Å². The van der Waals surface area contributed by atoms with Gasteiger partial charge in [0.2, 0.25) is 0 Å². The minimum Gasteiger partial charge on any atom is -0.469 e. The van der Waals surface area contributed by atoms with E-state index in [9.17, 15) is 4.79 Å². The van der Waals surface area contributed by atoms with Crippen LogP contribution >= 0.6 is 12.4 Å². The number of benzene rings is 1. The predicted octanol–water partition coefficient (Wildman–Crippen LogP) is 3.15. The van der Waals surface area contributed by atoms with Crippen LogP contribution in [0.5, 0.6) is 0 Å². The van der Waals surface area contributed by atoms with Crippen molar-refractivity contribution in [2.75, 3.05) is 25.1 Å². The summed E-state index contributed by atoms with van der Waals surface area (Å²) in [5, 5.41) is 0. The molecule has 0 aromatic heterocycles. The van der Waals surface area contributed by atoms with Crippen molar-refractivity contribution < 1.29 is 9.53 Å². The lowest BCUT2D eigenvalue weighted by Gasteiger charge is -2.29. The fourth-order valence-corrected chi connectivity index (χ4v) is 2.29. The number of rotatable bonds is 6. The van der Waals surface area contributed by atoms with Gasteiger partial charge in [-0.05, 0) is 45.4 Å².